The predicted molar refractivity (Wildman–Crippen MR) is 145 cm³/mol. The molecule has 212 valence electrons. The summed E-state index contributed by atoms with van der Waals surface area (Å²) in [4.78, 5) is 54.0. The van der Waals surface area contributed by atoms with Crippen molar-refractivity contribution in [3.8, 4) is 0 Å². The maximum absolute atomic E-state index is 14.2. The molecule has 38 heavy (non-hydrogen) atoms. The molecule has 1 aromatic carbocycles. The first-order valence-corrected chi connectivity index (χ1v) is 13.5. The van der Waals surface area contributed by atoms with Gasteiger partial charge in [0.25, 0.3) is 0 Å². The van der Waals surface area contributed by atoms with Gasteiger partial charge in [0.15, 0.2) is 0 Å². The van der Waals surface area contributed by atoms with Gasteiger partial charge in [-0.2, -0.15) is 0 Å². The number of benzene rings is 1. The van der Waals surface area contributed by atoms with Gasteiger partial charge in [-0.1, -0.05) is 44.5 Å². The zero-order chi connectivity index (χ0) is 28.8. The molecule has 0 bridgehead atoms. The van der Waals surface area contributed by atoms with E-state index >= 15 is 0 Å². The minimum atomic E-state index is -0.929. The Balaban J connectivity index is 2.45. The molecule has 0 aromatic heterocycles. The zero-order valence-electron chi connectivity index (χ0n) is 24.3. The van der Waals surface area contributed by atoms with E-state index < -0.39 is 29.7 Å². The molecule has 1 aliphatic carbocycles. The van der Waals surface area contributed by atoms with E-state index in [1.54, 1.807) is 32.6 Å². The normalized spacial score (nSPS) is 18.3. The van der Waals surface area contributed by atoms with E-state index in [0.717, 1.165) is 17.5 Å². The number of carbonyl (C=O) groups excluding carboxylic acids is 4. The number of carbonyl (C=O) groups is 4. The highest BCUT2D eigenvalue weighted by atomic mass is 16.6. The number of amides is 3. The number of hydrogen-bond acceptors (Lipinski definition) is 6. The quantitative estimate of drug-likeness (QED) is 0.414. The van der Waals surface area contributed by atoms with Crippen molar-refractivity contribution < 1.29 is 28.7 Å². The number of nitrogens with one attached hydrogen (secondary N) is 2. The lowest BCUT2D eigenvalue weighted by atomic mass is 9.94. The van der Waals surface area contributed by atoms with Crippen LogP contribution in [-0.2, 0) is 23.9 Å². The first kappa shape index (κ1) is 31.1. The third-order valence-electron chi connectivity index (χ3n) is 6.46. The van der Waals surface area contributed by atoms with Crippen molar-refractivity contribution in [2.24, 2.45) is 11.8 Å². The smallest absolute Gasteiger partial charge is 0.408 e. The van der Waals surface area contributed by atoms with Crippen molar-refractivity contribution in [1.29, 1.82) is 0 Å². The van der Waals surface area contributed by atoms with E-state index in [4.69, 9.17) is 9.47 Å². The molecule has 9 heteroatoms. The standard InChI is InChI=1S/C29H45N3O6/c1-10-37-23(33)13-14-30-26(34)25(21-12-11-18(4)15-19(21)5)32(22-16-20(22)6)27(35)24(17(2)3)31-28(36)38-29(7,8)9/h11-12,15,17,20,22,24-25H,10,13-14,16H2,1-9H3,(H,30,34)(H,31,36). The van der Waals surface area contributed by atoms with Gasteiger partial charge < -0.3 is 25.0 Å². The summed E-state index contributed by atoms with van der Waals surface area (Å²) >= 11 is 0. The highest BCUT2D eigenvalue weighted by molar-refractivity contribution is 5.93. The molecule has 2 N–H and O–H groups in total. The Kier molecular flexibility index (Phi) is 10.7. The molecular weight excluding hydrogens is 486 g/mol. The van der Waals surface area contributed by atoms with Crippen LogP contribution in [0, 0.1) is 25.7 Å². The van der Waals surface area contributed by atoms with Crippen LogP contribution in [0.3, 0.4) is 0 Å². The maximum Gasteiger partial charge on any atom is 0.408 e. The molecule has 9 nitrogen and oxygen atoms in total. The molecule has 0 radical (unpaired) electrons. The average molecular weight is 532 g/mol. The molecule has 0 aliphatic heterocycles. The summed E-state index contributed by atoms with van der Waals surface area (Å²) in [5.74, 6) is -1.17. The van der Waals surface area contributed by atoms with E-state index in [-0.39, 0.29) is 49.3 Å². The highest BCUT2D eigenvalue weighted by Gasteiger charge is 2.48. The molecule has 1 saturated carbocycles. The summed E-state index contributed by atoms with van der Waals surface area (Å²) in [5, 5.41) is 5.59. The van der Waals surface area contributed by atoms with Gasteiger partial charge in [-0.05, 0) is 70.9 Å². The summed E-state index contributed by atoms with van der Waals surface area (Å²) in [6.45, 7) is 17.0. The molecule has 2 rings (SSSR count). The molecule has 1 aliphatic rings. The third-order valence-corrected chi connectivity index (χ3v) is 6.46. The summed E-state index contributed by atoms with van der Waals surface area (Å²) in [5.41, 5.74) is 1.90. The second-order valence-electron chi connectivity index (χ2n) is 11.5. The van der Waals surface area contributed by atoms with Gasteiger partial charge in [0, 0.05) is 12.6 Å². The van der Waals surface area contributed by atoms with Gasteiger partial charge in [-0.15, -0.1) is 0 Å². The predicted octanol–water partition coefficient (Wildman–Crippen LogP) is 4.20. The molecule has 4 atom stereocenters. The Morgan fingerprint density at radius 3 is 2.26 bits per heavy atom. The molecule has 4 unspecified atom stereocenters. The molecule has 0 heterocycles. The second kappa shape index (κ2) is 13.1. The lowest BCUT2D eigenvalue weighted by molar-refractivity contribution is -0.145. The Morgan fingerprint density at radius 2 is 1.76 bits per heavy atom. The fraction of sp³-hybridized carbons (Fsp3) is 0.655. The number of esters is 1. The van der Waals surface area contributed by atoms with Gasteiger partial charge in [0.05, 0.1) is 13.0 Å². The van der Waals surface area contributed by atoms with Gasteiger partial charge in [-0.25, -0.2) is 4.79 Å². The minimum absolute atomic E-state index is 0.0295. The Morgan fingerprint density at radius 1 is 1.13 bits per heavy atom. The summed E-state index contributed by atoms with van der Waals surface area (Å²) in [7, 11) is 0. The molecular formula is C29H45N3O6. The van der Waals surface area contributed by atoms with Crippen LogP contribution in [0.4, 0.5) is 4.79 Å². The summed E-state index contributed by atoms with van der Waals surface area (Å²) < 4.78 is 10.4. The fourth-order valence-electron chi connectivity index (χ4n) is 4.45. The number of alkyl carbamates (subject to hydrolysis) is 1. The fourth-order valence-corrected chi connectivity index (χ4v) is 4.45. The van der Waals surface area contributed by atoms with Crippen LogP contribution in [0.5, 0.6) is 0 Å². The van der Waals surface area contributed by atoms with E-state index in [1.165, 1.54) is 0 Å². The molecule has 3 amide bonds. The van der Waals surface area contributed by atoms with Crippen LogP contribution in [0.15, 0.2) is 18.2 Å². The number of hydrogen-bond donors (Lipinski definition) is 2. The Hall–Kier alpha value is -3.10. The second-order valence-corrected chi connectivity index (χ2v) is 11.5. The van der Waals surface area contributed by atoms with Crippen LogP contribution in [0.25, 0.3) is 0 Å². The summed E-state index contributed by atoms with van der Waals surface area (Å²) in [6.07, 6.45) is 0.0951. The molecule has 1 fully saturated rings. The molecule has 1 aromatic rings. The first-order valence-electron chi connectivity index (χ1n) is 13.5. The molecule has 0 saturated heterocycles. The largest absolute Gasteiger partial charge is 0.466 e. The van der Waals surface area contributed by atoms with E-state index in [2.05, 4.69) is 10.6 Å². The van der Waals surface area contributed by atoms with Crippen LogP contribution < -0.4 is 10.6 Å². The van der Waals surface area contributed by atoms with E-state index in [1.807, 2.05) is 52.8 Å². The average Bonchev–Trinajstić information content (AvgIpc) is 3.50. The lowest BCUT2D eigenvalue weighted by Gasteiger charge is -2.36. The molecule has 0 spiro atoms. The monoisotopic (exact) mass is 531 g/mol. The maximum atomic E-state index is 14.2. The Bertz CT molecular complexity index is 1020. The zero-order valence-corrected chi connectivity index (χ0v) is 24.3. The van der Waals surface area contributed by atoms with Gasteiger partial charge >= 0.3 is 12.1 Å². The van der Waals surface area contributed by atoms with E-state index in [9.17, 15) is 19.2 Å². The van der Waals surface area contributed by atoms with Crippen LogP contribution >= 0.6 is 0 Å². The third kappa shape index (κ3) is 8.74. The number of ether oxygens (including phenoxy) is 2. The van der Waals surface area contributed by atoms with Crippen LogP contribution in [-0.4, -0.2) is 59.6 Å². The minimum Gasteiger partial charge on any atom is -0.466 e. The van der Waals surface area contributed by atoms with Crippen molar-refractivity contribution in [1.82, 2.24) is 15.5 Å². The van der Waals surface area contributed by atoms with Crippen molar-refractivity contribution in [3.63, 3.8) is 0 Å². The SMILES string of the molecule is CCOC(=O)CCNC(=O)C(c1ccc(C)cc1C)N(C(=O)C(NC(=O)OC(C)(C)C)C(C)C)C1CC1C. The van der Waals surface area contributed by atoms with E-state index in [0.29, 0.717) is 5.56 Å². The summed E-state index contributed by atoms with van der Waals surface area (Å²) in [6, 6.07) is 3.79. The van der Waals surface area contributed by atoms with Crippen LogP contribution in [0.2, 0.25) is 0 Å². The van der Waals surface area contributed by atoms with Crippen LogP contribution in [0.1, 0.15) is 84.0 Å². The number of nitrogens with zero attached hydrogens (tertiary/aromatic N) is 1. The van der Waals surface area contributed by atoms with Gasteiger partial charge in [-0.3, -0.25) is 14.4 Å². The van der Waals surface area contributed by atoms with Gasteiger partial charge in [0.1, 0.15) is 17.7 Å². The first-order chi connectivity index (χ1) is 17.7. The van der Waals surface area contributed by atoms with Crippen molar-refractivity contribution in [3.05, 3.63) is 34.9 Å². The highest BCUT2D eigenvalue weighted by Crippen LogP contribution is 2.41. The topological polar surface area (TPSA) is 114 Å². The Labute approximate surface area is 227 Å². The number of rotatable bonds is 11. The van der Waals surface area contributed by atoms with Gasteiger partial charge in [0.2, 0.25) is 11.8 Å². The van der Waals surface area contributed by atoms with Crippen molar-refractivity contribution >= 4 is 23.9 Å². The van der Waals surface area contributed by atoms with Crippen molar-refractivity contribution in [2.75, 3.05) is 13.2 Å². The lowest BCUT2D eigenvalue weighted by Crippen LogP contribution is -2.56. The van der Waals surface area contributed by atoms with Crippen molar-refractivity contribution in [2.45, 2.75) is 98.9 Å². The number of aryl methyl sites for hydroxylation is 2.